The summed E-state index contributed by atoms with van der Waals surface area (Å²) in [6.07, 6.45) is 2.53. The van der Waals surface area contributed by atoms with E-state index in [2.05, 4.69) is 22.4 Å². The molecule has 2 aromatic rings. The van der Waals surface area contributed by atoms with Crippen molar-refractivity contribution in [2.75, 3.05) is 5.73 Å². The van der Waals surface area contributed by atoms with Gasteiger partial charge in [0.15, 0.2) is 5.69 Å². The van der Waals surface area contributed by atoms with E-state index in [-0.39, 0.29) is 11.9 Å². The molecule has 112 valence electrons. The first-order chi connectivity index (χ1) is 10.1. The predicted molar refractivity (Wildman–Crippen MR) is 84.1 cm³/mol. The maximum Gasteiger partial charge on any atom is 0.274 e. The van der Waals surface area contributed by atoms with Gasteiger partial charge in [-0.2, -0.15) is 5.10 Å². The fraction of sp³-hybridized carbons (Fsp3) is 0.375. The number of nitrogens with one attached hydrogen (secondary N) is 2. The first kappa shape index (κ1) is 15.1. The van der Waals surface area contributed by atoms with Crippen LogP contribution in [0.3, 0.4) is 0 Å². The van der Waals surface area contributed by atoms with Crippen LogP contribution in [-0.4, -0.2) is 22.1 Å². The van der Waals surface area contributed by atoms with Crippen molar-refractivity contribution in [3.05, 3.63) is 47.3 Å². The number of aromatic nitrogens is 2. The Kier molecular flexibility index (Phi) is 4.98. The van der Waals surface area contributed by atoms with Gasteiger partial charge in [0.05, 0.1) is 11.4 Å². The average Bonchev–Trinajstić information content (AvgIpc) is 2.82. The summed E-state index contributed by atoms with van der Waals surface area (Å²) in [5.41, 5.74) is 8.73. The van der Waals surface area contributed by atoms with Gasteiger partial charge < -0.3 is 11.1 Å². The molecule has 0 aliphatic carbocycles. The number of hydrogen-bond donors (Lipinski definition) is 3. The average molecular weight is 286 g/mol. The number of aromatic amines is 1. The van der Waals surface area contributed by atoms with Crippen molar-refractivity contribution in [2.24, 2.45) is 0 Å². The van der Waals surface area contributed by atoms with Gasteiger partial charge in [0.25, 0.3) is 5.91 Å². The molecule has 0 bridgehead atoms. The van der Waals surface area contributed by atoms with E-state index >= 15 is 0 Å². The Labute approximate surface area is 124 Å². The van der Waals surface area contributed by atoms with Crippen molar-refractivity contribution >= 4 is 11.6 Å². The summed E-state index contributed by atoms with van der Waals surface area (Å²) >= 11 is 0. The zero-order valence-corrected chi connectivity index (χ0v) is 12.5. The molecule has 2 rings (SSSR count). The lowest BCUT2D eigenvalue weighted by Crippen LogP contribution is -2.34. The van der Waals surface area contributed by atoms with Crippen molar-refractivity contribution in [1.82, 2.24) is 15.5 Å². The predicted octanol–water partition coefficient (Wildman–Crippen LogP) is 2.31. The van der Waals surface area contributed by atoms with Gasteiger partial charge in [-0.25, -0.2) is 0 Å². The normalized spacial score (nSPS) is 12.1. The lowest BCUT2D eigenvalue weighted by Gasteiger charge is -2.13. The van der Waals surface area contributed by atoms with E-state index < -0.39 is 0 Å². The molecule has 0 saturated heterocycles. The summed E-state index contributed by atoms with van der Waals surface area (Å²) in [5.74, 6) is -0.227. The van der Waals surface area contributed by atoms with Crippen LogP contribution in [0.4, 0.5) is 5.69 Å². The van der Waals surface area contributed by atoms with E-state index in [1.165, 1.54) is 5.56 Å². The Bertz CT molecular complexity index is 592. The third-order valence-corrected chi connectivity index (χ3v) is 3.36. The van der Waals surface area contributed by atoms with Crippen LogP contribution in [-0.2, 0) is 12.8 Å². The fourth-order valence-corrected chi connectivity index (χ4v) is 2.31. The summed E-state index contributed by atoms with van der Waals surface area (Å²) < 4.78 is 0. The van der Waals surface area contributed by atoms with Crippen molar-refractivity contribution in [3.8, 4) is 0 Å². The first-order valence-corrected chi connectivity index (χ1v) is 7.29. The molecular formula is C16H22N4O. The Morgan fingerprint density at radius 3 is 2.76 bits per heavy atom. The second-order valence-electron chi connectivity index (χ2n) is 5.28. The fourth-order valence-electron chi connectivity index (χ4n) is 2.31. The molecule has 0 aliphatic heterocycles. The van der Waals surface area contributed by atoms with Crippen LogP contribution in [0.15, 0.2) is 30.3 Å². The number of hydrogen-bond acceptors (Lipinski definition) is 3. The van der Waals surface area contributed by atoms with Crippen LogP contribution in [0.5, 0.6) is 0 Å². The van der Waals surface area contributed by atoms with E-state index in [0.717, 1.165) is 25.0 Å². The van der Waals surface area contributed by atoms with Crippen molar-refractivity contribution in [3.63, 3.8) is 0 Å². The third-order valence-electron chi connectivity index (χ3n) is 3.36. The quantitative estimate of drug-likeness (QED) is 0.762. The van der Waals surface area contributed by atoms with Crippen LogP contribution >= 0.6 is 0 Å². The van der Waals surface area contributed by atoms with Gasteiger partial charge in [0, 0.05) is 6.04 Å². The maximum absolute atomic E-state index is 12.2. The molecule has 1 unspecified atom stereocenters. The summed E-state index contributed by atoms with van der Waals surface area (Å²) in [4.78, 5) is 12.2. The van der Waals surface area contributed by atoms with E-state index in [4.69, 9.17) is 5.73 Å². The molecule has 21 heavy (non-hydrogen) atoms. The van der Waals surface area contributed by atoms with Gasteiger partial charge in [-0.1, -0.05) is 43.7 Å². The number of aryl methyl sites for hydroxylation is 1. The standard InChI is InChI=1S/C16H22N4O/c1-3-7-13-14(17)15(20-19-13)16(21)18-11(2)10-12-8-5-4-6-9-12/h4-6,8-9,11H,3,7,10,17H2,1-2H3,(H,18,21)(H,19,20). The number of carbonyl (C=O) groups is 1. The molecule has 0 fully saturated rings. The topological polar surface area (TPSA) is 83.8 Å². The van der Waals surface area contributed by atoms with Crippen molar-refractivity contribution in [2.45, 2.75) is 39.2 Å². The SMILES string of the molecule is CCCc1[nH]nc(C(=O)NC(C)Cc2ccccc2)c1N. The van der Waals surface area contributed by atoms with E-state index in [1.54, 1.807) is 0 Å². The molecule has 1 atom stereocenters. The first-order valence-electron chi connectivity index (χ1n) is 7.29. The Hall–Kier alpha value is -2.30. The third kappa shape index (κ3) is 3.84. The minimum Gasteiger partial charge on any atom is -0.395 e. The molecule has 0 radical (unpaired) electrons. The molecule has 5 nitrogen and oxygen atoms in total. The minimum atomic E-state index is -0.227. The molecule has 1 aromatic carbocycles. The van der Waals surface area contributed by atoms with Gasteiger partial charge in [-0.05, 0) is 25.3 Å². The van der Waals surface area contributed by atoms with Crippen LogP contribution in [0, 0.1) is 0 Å². The highest BCUT2D eigenvalue weighted by Crippen LogP contribution is 2.15. The molecule has 1 heterocycles. The molecule has 1 amide bonds. The number of nitrogens with zero attached hydrogens (tertiary/aromatic N) is 1. The van der Waals surface area contributed by atoms with Gasteiger partial charge in [-0.15, -0.1) is 0 Å². The number of carbonyl (C=O) groups excluding carboxylic acids is 1. The van der Waals surface area contributed by atoms with Gasteiger partial charge >= 0.3 is 0 Å². The van der Waals surface area contributed by atoms with Crippen molar-refractivity contribution < 1.29 is 4.79 Å². The lowest BCUT2D eigenvalue weighted by atomic mass is 10.1. The summed E-state index contributed by atoms with van der Waals surface area (Å²) in [7, 11) is 0. The van der Waals surface area contributed by atoms with Crippen LogP contribution in [0.25, 0.3) is 0 Å². The van der Waals surface area contributed by atoms with Crippen LogP contribution in [0.2, 0.25) is 0 Å². The van der Waals surface area contributed by atoms with Crippen molar-refractivity contribution in [1.29, 1.82) is 0 Å². The largest absolute Gasteiger partial charge is 0.395 e. The molecule has 1 aromatic heterocycles. The molecule has 0 saturated carbocycles. The Morgan fingerprint density at radius 2 is 2.10 bits per heavy atom. The Morgan fingerprint density at radius 1 is 1.38 bits per heavy atom. The van der Waals surface area contributed by atoms with Gasteiger partial charge in [0.2, 0.25) is 0 Å². The second-order valence-corrected chi connectivity index (χ2v) is 5.28. The Balaban J connectivity index is 1.98. The lowest BCUT2D eigenvalue weighted by molar-refractivity contribution is 0.0936. The zero-order chi connectivity index (χ0) is 15.2. The van der Waals surface area contributed by atoms with Gasteiger partial charge in [0.1, 0.15) is 0 Å². The number of anilines is 1. The molecular weight excluding hydrogens is 264 g/mol. The number of benzene rings is 1. The summed E-state index contributed by atoms with van der Waals surface area (Å²) in [6, 6.07) is 10.1. The number of H-pyrrole nitrogens is 1. The minimum absolute atomic E-state index is 0.0191. The van der Waals surface area contributed by atoms with Crippen LogP contribution < -0.4 is 11.1 Å². The maximum atomic E-state index is 12.2. The highest BCUT2D eigenvalue weighted by atomic mass is 16.2. The van der Waals surface area contributed by atoms with E-state index in [0.29, 0.717) is 11.4 Å². The van der Waals surface area contributed by atoms with Crippen LogP contribution in [0.1, 0.15) is 42.0 Å². The number of amides is 1. The smallest absolute Gasteiger partial charge is 0.274 e. The molecule has 0 aliphatic rings. The van der Waals surface area contributed by atoms with E-state index in [9.17, 15) is 4.79 Å². The zero-order valence-electron chi connectivity index (χ0n) is 12.5. The molecule has 0 spiro atoms. The highest BCUT2D eigenvalue weighted by Gasteiger charge is 2.18. The summed E-state index contributed by atoms with van der Waals surface area (Å²) in [5, 5.41) is 9.81. The number of rotatable bonds is 6. The highest BCUT2D eigenvalue weighted by molar-refractivity contribution is 5.97. The monoisotopic (exact) mass is 286 g/mol. The van der Waals surface area contributed by atoms with Gasteiger partial charge in [-0.3, -0.25) is 9.89 Å². The summed E-state index contributed by atoms with van der Waals surface area (Å²) in [6.45, 7) is 4.03. The molecule has 4 N–H and O–H groups in total. The second kappa shape index (κ2) is 6.92. The number of nitrogen functional groups attached to an aromatic ring is 1. The van der Waals surface area contributed by atoms with E-state index in [1.807, 2.05) is 37.3 Å². The molecule has 5 heteroatoms. The number of nitrogens with two attached hydrogens (primary N) is 1.